The summed E-state index contributed by atoms with van der Waals surface area (Å²) >= 11 is 5.27. The number of rotatable bonds is 1. The number of H-pyrrole nitrogens is 1. The van der Waals surface area contributed by atoms with E-state index in [4.69, 9.17) is 12.2 Å². The number of piperidine rings is 1. The Labute approximate surface area is 126 Å². The second-order valence-corrected chi connectivity index (χ2v) is 5.48. The van der Waals surface area contributed by atoms with Crippen LogP contribution in [0.3, 0.4) is 0 Å². The molecule has 0 radical (unpaired) electrons. The molecule has 1 fully saturated rings. The van der Waals surface area contributed by atoms with E-state index >= 15 is 0 Å². The van der Waals surface area contributed by atoms with Crippen molar-refractivity contribution in [3.63, 3.8) is 0 Å². The van der Waals surface area contributed by atoms with Crippen molar-refractivity contribution in [3.8, 4) is 0 Å². The topological polar surface area (TPSA) is 32.8 Å². The fourth-order valence-electron chi connectivity index (χ4n) is 2.84. The fraction of sp³-hybridized carbons (Fsp3) is 0.462. The molecule has 2 heterocycles. The molecule has 1 aliphatic rings. The van der Waals surface area contributed by atoms with Crippen molar-refractivity contribution < 1.29 is 8.78 Å². The Balaban J connectivity index is 0.00000147. The van der Waals surface area contributed by atoms with Gasteiger partial charge in [-0.05, 0) is 50.7 Å². The molecule has 0 spiro atoms. The number of halogens is 3. The Morgan fingerprint density at radius 2 is 2.10 bits per heavy atom. The Kier molecular flexibility index (Phi) is 4.46. The third-order valence-electron chi connectivity index (χ3n) is 3.73. The summed E-state index contributed by atoms with van der Waals surface area (Å²) in [5.41, 5.74) is 0.805. The predicted octanol–water partition coefficient (Wildman–Crippen LogP) is 3.71. The maximum Gasteiger partial charge on any atom is 0.184 e. The lowest BCUT2D eigenvalue weighted by atomic mass is 10.0. The van der Waals surface area contributed by atoms with Gasteiger partial charge < -0.3 is 14.9 Å². The van der Waals surface area contributed by atoms with Gasteiger partial charge in [0, 0.05) is 12.1 Å². The monoisotopic (exact) mass is 319 g/mol. The highest BCUT2D eigenvalue weighted by Crippen LogP contribution is 2.29. The summed E-state index contributed by atoms with van der Waals surface area (Å²) in [6.07, 6.45) is 1.72. The zero-order valence-electron chi connectivity index (χ0n) is 11.0. The van der Waals surface area contributed by atoms with Gasteiger partial charge in [-0.2, -0.15) is 0 Å². The van der Waals surface area contributed by atoms with Gasteiger partial charge in [0.2, 0.25) is 0 Å². The highest BCUT2D eigenvalue weighted by atomic mass is 35.5. The smallest absolute Gasteiger partial charge is 0.184 e. The number of hydrogen-bond donors (Lipinski definition) is 2. The molecule has 2 aromatic rings. The average molecular weight is 320 g/mol. The van der Waals surface area contributed by atoms with Crippen molar-refractivity contribution in [3.05, 3.63) is 28.5 Å². The first kappa shape index (κ1) is 15.4. The fourth-order valence-corrected chi connectivity index (χ4v) is 3.19. The molecular formula is C13H16ClF2N3S. The molecule has 0 bridgehead atoms. The van der Waals surface area contributed by atoms with Gasteiger partial charge in [-0.1, -0.05) is 0 Å². The van der Waals surface area contributed by atoms with Gasteiger partial charge >= 0.3 is 0 Å². The van der Waals surface area contributed by atoms with Gasteiger partial charge in [0.25, 0.3) is 0 Å². The van der Waals surface area contributed by atoms with Crippen LogP contribution < -0.4 is 5.32 Å². The SMILES string of the molecule is CC1CC(n2c(=S)[nH]c3ccc(F)c(F)c32)CCN1.Cl. The van der Waals surface area contributed by atoms with E-state index in [0.717, 1.165) is 25.5 Å². The molecule has 3 nitrogen and oxygen atoms in total. The molecule has 1 aromatic carbocycles. The van der Waals surface area contributed by atoms with E-state index in [2.05, 4.69) is 17.2 Å². The lowest BCUT2D eigenvalue weighted by Crippen LogP contribution is -2.36. The molecule has 20 heavy (non-hydrogen) atoms. The van der Waals surface area contributed by atoms with E-state index in [1.807, 2.05) is 0 Å². The minimum atomic E-state index is -0.836. The molecule has 0 aliphatic carbocycles. The Morgan fingerprint density at radius 3 is 2.80 bits per heavy atom. The molecule has 110 valence electrons. The van der Waals surface area contributed by atoms with Crippen molar-refractivity contribution in [2.24, 2.45) is 0 Å². The van der Waals surface area contributed by atoms with E-state index < -0.39 is 11.6 Å². The molecule has 2 N–H and O–H groups in total. The number of aromatic nitrogens is 2. The third kappa shape index (κ3) is 2.47. The highest BCUT2D eigenvalue weighted by Gasteiger charge is 2.24. The maximum atomic E-state index is 14.0. The molecule has 0 amide bonds. The van der Waals surface area contributed by atoms with Crippen molar-refractivity contribution in [2.75, 3.05) is 6.54 Å². The zero-order chi connectivity index (χ0) is 13.6. The van der Waals surface area contributed by atoms with Gasteiger partial charge in [0.1, 0.15) is 5.52 Å². The molecule has 7 heteroatoms. The van der Waals surface area contributed by atoms with Crippen LogP contribution in [0.25, 0.3) is 11.0 Å². The molecular weight excluding hydrogens is 304 g/mol. The summed E-state index contributed by atoms with van der Waals surface area (Å²) in [4.78, 5) is 2.96. The van der Waals surface area contributed by atoms with E-state index in [-0.39, 0.29) is 24.0 Å². The second kappa shape index (κ2) is 5.79. The van der Waals surface area contributed by atoms with Crippen LogP contribution in [0.5, 0.6) is 0 Å². The first-order chi connectivity index (χ1) is 9.08. The summed E-state index contributed by atoms with van der Waals surface area (Å²) < 4.78 is 29.7. The van der Waals surface area contributed by atoms with Crippen LogP contribution in [0.4, 0.5) is 8.78 Å². The number of aromatic amines is 1. The predicted molar refractivity (Wildman–Crippen MR) is 80.0 cm³/mol. The Bertz CT molecular complexity index is 682. The van der Waals surface area contributed by atoms with Crippen LogP contribution in [0.2, 0.25) is 0 Å². The van der Waals surface area contributed by atoms with Gasteiger partial charge in [-0.3, -0.25) is 0 Å². The van der Waals surface area contributed by atoms with Crippen LogP contribution in [-0.2, 0) is 0 Å². The average Bonchev–Trinajstić information content (AvgIpc) is 2.71. The lowest BCUT2D eigenvalue weighted by molar-refractivity contribution is 0.315. The number of benzene rings is 1. The molecule has 2 atom stereocenters. The maximum absolute atomic E-state index is 14.0. The molecule has 1 saturated heterocycles. The van der Waals surface area contributed by atoms with Crippen LogP contribution in [0.1, 0.15) is 25.8 Å². The summed E-state index contributed by atoms with van der Waals surface area (Å²) in [6, 6.07) is 3.11. The molecule has 0 saturated carbocycles. The first-order valence-corrected chi connectivity index (χ1v) is 6.80. The zero-order valence-corrected chi connectivity index (χ0v) is 12.6. The standard InChI is InChI=1S/C13H15F2N3S.ClH/c1-7-6-8(4-5-16-7)18-12-10(17-13(18)19)3-2-9(14)11(12)15;/h2-3,7-8,16H,4-6H2,1H3,(H,17,19);1H. The Hall–Kier alpha value is -0.980. The minimum absolute atomic E-state index is 0. The number of imidazole rings is 1. The van der Waals surface area contributed by atoms with Crippen LogP contribution in [0, 0.1) is 16.4 Å². The number of fused-ring (bicyclic) bond motifs is 1. The van der Waals surface area contributed by atoms with Crippen molar-refractivity contribution in [1.29, 1.82) is 0 Å². The van der Waals surface area contributed by atoms with Gasteiger partial charge in [0.05, 0.1) is 5.52 Å². The summed E-state index contributed by atoms with van der Waals surface area (Å²) in [5.74, 6) is -1.66. The van der Waals surface area contributed by atoms with E-state index in [1.54, 1.807) is 4.57 Å². The number of nitrogens with one attached hydrogen (secondary N) is 2. The van der Waals surface area contributed by atoms with E-state index in [9.17, 15) is 8.78 Å². The van der Waals surface area contributed by atoms with Crippen LogP contribution >= 0.6 is 24.6 Å². The molecule has 3 rings (SSSR count). The lowest BCUT2D eigenvalue weighted by Gasteiger charge is -2.29. The number of nitrogens with zero attached hydrogens (tertiary/aromatic N) is 1. The van der Waals surface area contributed by atoms with Crippen molar-refractivity contribution in [1.82, 2.24) is 14.9 Å². The normalized spacial score (nSPS) is 22.8. The second-order valence-electron chi connectivity index (χ2n) is 5.09. The van der Waals surface area contributed by atoms with E-state index in [0.29, 0.717) is 16.3 Å². The third-order valence-corrected chi connectivity index (χ3v) is 4.03. The van der Waals surface area contributed by atoms with Crippen molar-refractivity contribution >= 4 is 35.7 Å². The van der Waals surface area contributed by atoms with Crippen molar-refractivity contribution in [2.45, 2.75) is 31.8 Å². The summed E-state index contributed by atoms with van der Waals surface area (Å²) in [7, 11) is 0. The van der Waals surface area contributed by atoms with Crippen LogP contribution in [-0.4, -0.2) is 22.1 Å². The number of hydrogen-bond acceptors (Lipinski definition) is 2. The van der Waals surface area contributed by atoms with E-state index in [1.165, 1.54) is 6.07 Å². The minimum Gasteiger partial charge on any atom is -0.330 e. The van der Waals surface area contributed by atoms with Gasteiger partial charge in [0.15, 0.2) is 16.4 Å². The molecule has 2 unspecified atom stereocenters. The first-order valence-electron chi connectivity index (χ1n) is 6.39. The molecule has 1 aliphatic heterocycles. The quantitative estimate of drug-likeness (QED) is 0.785. The van der Waals surface area contributed by atoms with Gasteiger partial charge in [-0.25, -0.2) is 8.78 Å². The van der Waals surface area contributed by atoms with Gasteiger partial charge in [-0.15, -0.1) is 12.4 Å². The summed E-state index contributed by atoms with van der Waals surface area (Å²) in [6.45, 7) is 2.94. The van der Waals surface area contributed by atoms with Crippen LogP contribution in [0.15, 0.2) is 12.1 Å². The molecule has 1 aromatic heterocycles. The Morgan fingerprint density at radius 1 is 1.35 bits per heavy atom. The summed E-state index contributed by atoms with van der Waals surface area (Å²) in [5, 5.41) is 3.34. The highest BCUT2D eigenvalue weighted by molar-refractivity contribution is 7.71. The largest absolute Gasteiger partial charge is 0.330 e.